The summed E-state index contributed by atoms with van der Waals surface area (Å²) >= 11 is 5.86. The maximum atomic E-state index is 14.0. The molecule has 0 saturated heterocycles. The van der Waals surface area contributed by atoms with Crippen LogP contribution in [0, 0.1) is 0 Å². The van der Waals surface area contributed by atoms with Gasteiger partial charge in [0.1, 0.15) is 5.41 Å². The number of hydrogen-bond acceptors (Lipinski definition) is 4. The lowest BCUT2D eigenvalue weighted by Crippen LogP contribution is -2.52. The van der Waals surface area contributed by atoms with Crippen molar-refractivity contribution in [1.82, 2.24) is 19.9 Å². The van der Waals surface area contributed by atoms with Crippen LogP contribution in [0.2, 0.25) is 5.15 Å². The van der Waals surface area contributed by atoms with Crippen molar-refractivity contribution in [3.8, 4) is 0 Å². The predicted octanol–water partition coefficient (Wildman–Crippen LogP) is 3.04. The van der Waals surface area contributed by atoms with Gasteiger partial charge in [0.15, 0.2) is 10.8 Å². The van der Waals surface area contributed by atoms with Gasteiger partial charge in [0.25, 0.3) is 0 Å². The van der Waals surface area contributed by atoms with Gasteiger partial charge in [-0.15, -0.1) is 0 Å². The van der Waals surface area contributed by atoms with E-state index < -0.39 is 36.3 Å². The van der Waals surface area contributed by atoms with Crippen LogP contribution in [0.25, 0.3) is 5.65 Å². The molecule has 2 aromatic heterocycles. The maximum absolute atomic E-state index is 14.0. The third-order valence-corrected chi connectivity index (χ3v) is 5.82. The number of amides is 2. The summed E-state index contributed by atoms with van der Waals surface area (Å²) in [6, 6.07) is 0.178. The zero-order chi connectivity index (χ0) is 20.3. The average molecular weight is 418 g/mol. The molecule has 0 spiro atoms. The molecule has 2 amide bonds. The lowest BCUT2D eigenvalue weighted by molar-refractivity contribution is -0.181. The molecule has 0 radical (unpaired) electrons. The number of hydrogen-bond donors (Lipinski definition) is 2. The lowest BCUT2D eigenvalue weighted by Gasteiger charge is -2.31. The van der Waals surface area contributed by atoms with E-state index >= 15 is 0 Å². The Morgan fingerprint density at radius 3 is 2.79 bits per heavy atom. The summed E-state index contributed by atoms with van der Waals surface area (Å²) < 4.78 is 43.1. The topological polar surface area (TPSA) is 82.8 Å². The molecule has 1 saturated carbocycles. The highest BCUT2D eigenvalue weighted by atomic mass is 35.5. The number of urea groups is 1. The number of aromatic nitrogens is 3. The van der Waals surface area contributed by atoms with Crippen molar-refractivity contribution in [2.75, 3.05) is 11.4 Å². The number of alkyl halides is 3. The molecule has 0 aromatic carbocycles. The molecule has 0 unspecified atom stereocenters. The molecule has 1 aliphatic carbocycles. The van der Waals surface area contributed by atoms with Gasteiger partial charge in [0.2, 0.25) is 0 Å². The van der Waals surface area contributed by atoms with E-state index in [2.05, 4.69) is 15.4 Å². The zero-order valence-corrected chi connectivity index (χ0v) is 15.8. The van der Waals surface area contributed by atoms with E-state index in [-0.39, 0.29) is 22.2 Å². The van der Waals surface area contributed by atoms with Gasteiger partial charge in [-0.1, -0.05) is 24.4 Å². The number of rotatable bonds is 1. The van der Waals surface area contributed by atoms with Crippen molar-refractivity contribution in [3.05, 3.63) is 23.1 Å². The quantitative estimate of drug-likeness (QED) is 0.747. The number of aliphatic hydroxyl groups excluding tert-OH is 1. The first-order valence-corrected chi connectivity index (χ1v) is 9.37. The van der Waals surface area contributed by atoms with E-state index in [0.29, 0.717) is 12.8 Å². The van der Waals surface area contributed by atoms with Gasteiger partial charge in [0.05, 0.1) is 29.7 Å². The molecule has 3 atom stereocenters. The largest absolute Gasteiger partial charge is 0.401 e. The zero-order valence-electron chi connectivity index (χ0n) is 15.0. The monoisotopic (exact) mass is 417 g/mol. The van der Waals surface area contributed by atoms with Crippen LogP contribution in [0.1, 0.15) is 38.3 Å². The summed E-state index contributed by atoms with van der Waals surface area (Å²) in [7, 11) is 0. The van der Waals surface area contributed by atoms with E-state index in [4.69, 9.17) is 11.6 Å². The molecular weight excluding hydrogens is 399 g/mol. The van der Waals surface area contributed by atoms with Crippen LogP contribution in [0.5, 0.6) is 0 Å². The minimum absolute atomic E-state index is 0.0126. The average Bonchev–Trinajstić information content (AvgIpc) is 3.14. The SMILES string of the molecule is C[C@@]1(C(F)(F)F)CN(C(=O)N[C@@H]2CCCC[C@H]2O)c2cnc3cc(Cl)nn3c21. The molecular formula is C17H19ClF3N5O2. The van der Waals surface area contributed by atoms with Crippen molar-refractivity contribution in [1.29, 1.82) is 0 Å². The Labute approximate surface area is 163 Å². The molecule has 1 aliphatic heterocycles. The highest BCUT2D eigenvalue weighted by Gasteiger charge is 2.60. The molecule has 152 valence electrons. The predicted molar refractivity (Wildman–Crippen MR) is 95.5 cm³/mol. The van der Waals surface area contributed by atoms with E-state index in [9.17, 15) is 23.1 Å². The van der Waals surface area contributed by atoms with Crippen molar-refractivity contribution in [2.45, 2.75) is 56.3 Å². The minimum atomic E-state index is -4.63. The Hall–Kier alpha value is -2.07. The Kier molecular flexibility index (Phi) is 4.46. The van der Waals surface area contributed by atoms with Crippen LogP contribution in [-0.2, 0) is 5.41 Å². The minimum Gasteiger partial charge on any atom is -0.391 e. The van der Waals surface area contributed by atoms with Crippen LogP contribution in [0.3, 0.4) is 0 Å². The van der Waals surface area contributed by atoms with E-state index in [1.165, 1.54) is 12.3 Å². The summed E-state index contributed by atoms with van der Waals surface area (Å²) in [5.74, 6) is 0. The normalized spacial score (nSPS) is 27.9. The fourth-order valence-electron chi connectivity index (χ4n) is 4.01. The van der Waals surface area contributed by atoms with Gasteiger partial charge in [0, 0.05) is 12.6 Å². The van der Waals surface area contributed by atoms with Crippen LogP contribution < -0.4 is 10.2 Å². The van der Waals surface area contributed by atoms with E-state index in [1.54, 1.807) is 0 Å². The van der Waals surface area contributed by atoms with Crippen molar-refractivity contribution >= 4 is 29.0 Å². The number of anilines is 1. The van der Waals surface area contributed by atoms with E-state index in [1.807, 2.05) is 0 Å². The number of carbonyl (C=O) groups is 1. The van der Waals surface area contributed by atoms with Crippen LogP contribution in [0.4, 0.5) is 23.7 Å². The van der Waals surface area contributed by atoms with Gasteiger partial charge in [-0.2, -0.15) is 18.3 Å². The first-order chi connectivity index (χ1) is 13.1. The fraction of sp³-hybridized carbons (Fsp3) is 0.588. The molecule has 0 bridgehead atoms. The fourth-order valence-corrected chi connectivity index (χ4v) is 4.18. The van der Waals surface area contributed by atoms with Crippen LogP contribution in [0.15, 0.2) is 12.3 Å². The summed E-state index contributed by atoms with van der Waals surface area (Å²) in [6.07, 6.45) is -1.28. The number of fused-ring (bicyclic) bond motifs is 3. The van der Waals surface area contributed by atoms with Gasteiger partial charge in [-0.05, 0) is 19.8 Å². The second-order valence-electron chi connectivity index (χ2n) is 7.55. The van der Waals surface area contributed by atoms with Gasteiger partial charge >= 0.3 is 12.2 Å². The number of nitrogens with one attached hydrogen (secondary N) is 1. The molecule has 7 nitrogen and oxygen atoms in total. The Bertz CT molecular complexity index is 933. The highest BCUT2D eigenvalue weighted by Crippen LogP contribution is 2.49. The number of halogens is 4. The van der Waals surface area contributed by atoms with Crippen molar-refractivity contribution < 1.29 is 23.1 Å². The third-order valence-electron chi connectivity index (χ3n) is 5.63. The van der Waals surface area contributed by atoms with Crippen molar-refractivity contribution in [3.63, 3.8) is 0 Å². The molecule has 2 N–H and O–H groups in total. The molecule has 11 heteroatoms. The third kappa shape index (κ3) is 2.89. The molecule has 1 fully saturated rings. The Morgan fingerprint density at radius 2 is 2.11 bits per heavy atom. The van der Waals surface area contributed by atoms with Crippen LogP contribution in [-0.4, -0.2) is 50.6 Å². The Balaban J connectivity index is 1.75. The van der Waals surface area contributed by atoms with E-state index in [0.717, 1.165) is 29.2 Å². The second kappa shape index (κ2) is 6.48. The molecule has 3 heterocycles. The first-order valence-electron chi connectivity index (χ1n) is 8.99. The number of nitrogens with zero attached hydrogens (tertiary/aromatic N) is 4. The lowest BCUT2D eigenvalue weighted by atomic mass is 9.87. The second-order valence-corrected chi connectivity index (χ2v) is 7.94. The van der Waals surface area contributed by atoms with Crippen LogP contribution >= 0.6 is 11.6 Å². The van der Waals surface area contributed by atoms with Gasteiger partial charge in [-0.3, -0.25) is 4.90 Å². The summed E-state index contributed by atoms with van der Waals surface area (Å²) in [5, 5.41) is 16.7. The van der Waals surface area contributed by atoms with Gasteiger partial charge < -0.3 is 10.4 Å². The first kappa shape index (κ1) is 19.3. The standard InChI is InChI=1S/C17H19ClF3N5O2/c1-16(17(19,20)21)8-25(15(28)23-9-4-2-3-5-11(9)27)10-7-22-13-6-12(18)24-26(13)14(10)16/h6-7,9,11,27H,2-5,8H2,1H3,(H,23,28)/t9-,11-,16-/m1/s1. The molecule has 2 aromatic rings. The number of carbonyl (C=O) groups excluding carboxylic acids is 1. The van der Waals surface area contributed by atoms with Gasteiger partial charge in [-0.25, -0.2) is 14.3 Å². The maximum Gasteiger partial charge on any atom is 0.401 e. The smallest absolute Gasteiger partial charge is 0.391 e. The summed E-state index contributed by atoms with van der Waals surface area (Å²) in [6.45, 7) is 0.419. The molecule has 2 aliphatic rings. The highest BCUT2D eigenvalue weighted by molar-refractivity contribution is 6.29. The molecule has 4 rings (SSSR count). The summed E-state index contributed by atoms with van der Waals surface area (Å²) in [5.41, 5.74) is -2.34. The Morgan fingerprint density at radius 1 is 1.39 bits per heavy atom. The van der Waals surface area contributed by atoms with Crippen molar-refractivity contribution in [2.24, 2.45) is 0 Å². The summed E-state index contributed by atoms with van der Waals surface area (Å²) in [4.78, 5) is 17.9. The molecule has 28 heavy (non-hydrogen) atoms. The number of aliphatic hydroxyl groups is 1.